The fourth-order valence-corrected chi connectivity index (χ4v) is 3.32. The number of ether oxygens (including phenoxy) is 3. The van der Waals surface area contributed by atoms with Crippen molar-refractivity contribution < 1.29 is 28.6 Å². The summed E-state index contributed by atoms with van der Waals surface area (Å²) in [6.07, 6.45) is 1.43. The van der Waals surface area contributed by atoms with Crippen molar-refractivity contribution >= 4 is 29.6 Å². The number of hydrogen-bond donors (Lipinski definition) is 0. The lowest BCUT2D eigenvalue weighted by atomic mass is 10.1. The lowest BCUT2D eigenvalue weighted by Crippen LogP contribution is -2.29. The van der Waals surface area contributed by atoms with Crippen LogP contribution in [0.5, 0.6) is 0 Å². The van der Waals surface area contributed by atoms with Gasteiger partial charge >= 0.3 is 11.9 Å². The van der Waals surface area contributed by atoms with E-state index in [4.69, 9.17) is 14.2 Å². The van der Waals surface area contributed by atoms with Crippen molar-refractivity contribution in [3.05, 3.63) is 46.5 Å². The molecule has 1 aromatic rings. The monoisotopic (exact) mass is 407 g/mol. The van der Waals surface area contributed by atoms with E-state index < -0.39 is 11.9 Å². The topological polar surface area (TPSA) is 82.1 Å². The van der Waals surface area contributed by atoms with Crippen LogP contribution in [0.15, 0.2) is 35.4 Å². The van der Waals surface area contributed by atoms with Gasteiger partial charge in [0, 0.05) is 0 Å². The van der Waals surface area contributed by atoms with Crippen LogP contribution in [-0.4, -0.2) is 54.4 Å². The van der Waals surface area contributed by atoms with Crippen LogP contribution in [0.3, 0.4) is 0 Å². The molecule has 0 bridgehead atoms. The average Bonchev–Trinajstić information content (AvgIpc) is 3.00. The van der Waals surface area contributed by atoms with Gasteiger partial charge < -0.3 is 19.1 Å². The Morgan fingerprint density at radius 3 is 2.57 bits per heavy atom. The Labute approximate surface area is 169 Å². The quantitative estimate of drug-likeness (QED) is 0.460. The van der Waals surface area contributed by atoms with Gasteiger partial charge in [-0.3, -0.25) is 4.79 Å². The zero-order valence-corrected chi connectivity index (χ0v) is 17.1. The van der Waals surface area contributed by atoms with Gasteiger partial charge in [-0.2, -0.15) is 0 Å². The molecule has 152 valence electrons. The van der Waals surface area contributed by atoms with E-state index in [2.05, 4.69) is 0 Å². The van der Waals surface area contributed by atoms with E-state index in [-0.39, 0.29) is 37.5 Å². The summed E-state index contributed by atoms with van der Waals surface area (Å²) in [4.78, 5) is 37.2. The predicted molar refractivity (Wildman–Crippen MR) is 106 cm³/mol. The van der Waals surface area contributed by atoms with Crippen LogP contribution >= 0.6 is 11.8 Å². The lowest BCUT2D eigenvalue weighted by Gasteiger charge is -2.16. The first kappa shape index (κ1) is 22.0. The van der Waals surface area contributed by atoms with Gasteiger partial charge in [0.2, 0.25) is 5.91 Å². The van der Waals surface area contributed by atoms with Crippen molar-refractivity contribution in [3.8, 4) is 0 Å². The third-order valence-electron chi connectivity index (χ3n) is 3.76. The maximum atomic E-state index is 12.2. The standard InChI is InChI=1S/C20H25NO6S/c1-4-25-19(23)11-18-21(17(22)13-28-18)9-10-26-20(24)16-7-5-15(6-8-16)12-27-14(2)3/h5-8,11,14H,4,9-10,12-13H2,1-3H3/b18-11-. The van der Waals surface area contributed by atoms with Crippen molar-refractivity contribution in [3.63, 3.8) is 0 Å². The summed E-state index contributed by atoms with van der Waals surface area (Å²) < 4.78 is 15.6. The Morgan fingerprint density at radius 1 is 1.21 bits per heavy atom. The molecule has 1 saturated heterocycles. The molecule has 0 atom stereocenters. The number of carbonyl (C=O) groups excluding carboxylic acids is 3. The third-order valence-corrected chi connectivity index (χ3v) is 4.78. The summed E-state index contributed by atoms with van der Waals surface area (Å²) >= 11 is 1.26. The summed E-state index contributed by atoms with van der Waals surface area (Å²) in [5.41, 5.74) is 1.40. The second kappa shape index (κ2) is 10.9. The summed E-state index contributed by atoms with van der Waals surface area (Å²) in [5, 5.41) is 0.508. The first-order valence-corrected chi connectivity index (χ1v) is 10.1. The molecule has 0 saturated carbocycles. The van der Waals surface area contributed by atoms with E-state index in [0.717, 1.165) is 5.56 Å². The van der Waals surface area contributed by atoms with E-state index in [1.54, 1.807) is 19.1 Å². The van der Waals surface area contributed by atoms with Gasteiger partial charge in [-0.25, -0.2) is 9.59 Å². The van der Waals surface area contributed by atoms with Crippen LogP contribution in [0, 0.1) is 0 Å². The van der Waals surface area contributed by atoms with Crippen LogP contribution in [0.4, 0.5) is 0 Å². The summed E-state index contributed by atoms with van der Waals surface area (Å²) in [6.45, 7) is 6.60. The molecule has 1 aliphatic heterocycles. The highest BCUT2D eigenvalue weighted by Crippen LogP contribution is 2.28. The maximum Gasteiger partial charge on any atom is 0.338 e. The smallest absolute Gasteiger partial charge is 0.338 e. The van der Waals surface area contributed by atoms with Crippen LogP contribution in [0.2, 0.25) is 0 Å². The Morgan fingerprint density at radius 2 is 1.93 bits per heavy atom. The number of amides is 1. The van der Waals surface area contributed by atoms with Crippen LogP contribution < -0.4 is 0 Å². The number of thioether (sulfide) groups is 1. The Kier molecular flexibility index (Phi) is 8.53. The first-order valence-electron chi connectivity index (χ1n) is 9.10. The molecule has 1 heterocycles. The molecule has 8 heteroatoms. The first-order chi connectivity index (χ1) is 13.4. The molecule has 1 amide bonds. The molecule has 7 nitrogen and oxygen atoms in total. The zero-order chi connectivity index (χ0) is 20.5. The fraction of sp³-hybridized carbons (Fsp3) is 0.450. The van der Waals surface area contributed by atoms with E-state index in [1.165, 1.54) is 22.7 Å². The molecule has 0 unspecified atom stereocenters. The van der Waals surface area contributed by atoms with Gasteiger partial charge in [-0.05, 0) is 38.5 Å². The minimum atomic E-state index is -0.497. The van der Waals surface area contributed by atoms with Gasteiger partial charge in [0.25, 0.3) is 0 Å². The molecule has 0 aromatic heterocycles. The number of nitrogens with zero attached hydrogens (tertiary/aromatic N) is 1. The molecule has 0 N–H and O–H groups in total. The Balaban J connectivity index is 1.85. The van der Waals surface area contributed by atoms with Gasteiger partial charge in [-0.1, -0.05) is 23.9 Å². The van der Waals surface area contributed by atoms with Crippen LogP contribution in [-0.2, 0) is 30.4 Å². The fourth-order valence-electron chi connectivity index (χ4n) is 2.37. The second-order valence-electron chi connectivity index (χ2n) is 6.26. The molecule has 0 spiro atoms. The highest BCUT2D eigenvalue weighted by atomic mass is 32.2. The number of benzene rings is 1. The molecule has 1 aliphatic rings. The van der Waals surface area contributed by atoms with Crippen molar-refractivity contribution in [2.45, 2.75) is 33.5 Å². The van der Waals surface area contributed by atoms with E-state index in [9.17, 15) is 14.4 Å². The van der Waals surface area contributed by atoms with Crippen molar-refractivity contribution in [2.24, 2.45) is 0 Å². The van der Waals surface area contributed by atoms with Crippen LogP contribution in [0.25, 0.3) is 0 Å². The van der Waals surface area contributed by atoms with Crippen molar-refractivity contribution in [1.29, 1.82) is 0 Å². The van der Waals surface area contributed by atoms with Gasteiger partial charge in [0.15, 0.2) is 0 Å². The van der Waals surface area contributed by atoms with E-state index >= 15 is 0 Å². The van der Waals surface area contributed by atoms with Gasteiger partial charge in [-0.15, -0.1) is 0 Å². The minimum absolute atomic E-state index is 0.0313. The minimum Gasteiger partial charge on any atom is -0.463 e. The third kappa shape index (κ3) is 6.69. The zero-order valence-electron chi connectivity index (χ0n) is 16.3. The summed E-state index contributed by atoms with van der Waals surface area (Å²) in [5.74, 6) is -0.847. The SMILES string of the molecule is CCOC(=O)/C=C1\SCC(=O)N1CCOC(=O)c1ccc(COC(C)C)cc1. The molecule has 1 aromatic carbocycles. The summed E-state index contributed by atoms with van der Waals surface area (Å²) in [6, 6.07) is 7.01. The summed E-state index contributed by atoms with van der Waals surface area (Å²) in [7, 11) is 0. The molecule has 28 heavy (non-hydrogen) atoms. The molecule has 0 aliphatic carbocycles. The number of carbonyl (C=O) groups is 3. The average molecular weight is 407 g/mol. The van der Waals surface area contributed by atoms with Crippen molar-refractivity contribution in [2.75, 3.05) is 25.5 Å². The second-order valence-corrected chi connectivity index (χ2v) is 7.26. The van der Waals surface area contributed by atoms with E-state index in [1.807, 2.05) is 26.0 Å². The highest BCUT2D eigenvalue weighted by Gasteiger charge is 2.27. The van der Waals surface area contributed by atoms with Gasteiger partial charge in [0.1, 0.15) is 6.61 Å². The number of hydrogen-bond acceptors (Lipinski definition) is 7. The number of rotatable bonds is 9. The molecule has 2 rings (SSSR count). The molecule has 0 radical (unpaired) electrons. The van der Waals surface area contributed by atoms with Crippen LogP contribution in [0.1, 0.15) is 36.7 Å². The lowest BCUT2D eigenvalue weighted by molar-refractivity contribution is -0.137. The molecule has 1 fully saturated rings. The number of esters is 2. The van der Waals surface area contributed by atoms with Gasteiger partial charge in [0.05, 0.1) is 48.3 Å². The predicted octanol–water partition coefficient (Wildman–Crippen LogP) is 2.75. The van der Waals surface area contributed by atoms with Crippen molar-refractivity contribution in [1.82, 2.24) is 4.90 Å². The van der Waals surface area contributed by atoms with E-state index in [0.29, 0.717) is 17.2 Å². The highest BCUT2D eigenvalue weighted by molar-refractivity contribution is 8.04. The largest absolute Gasteiger partial charge is 0.463 e. The Hall–Kier alpha value is -2.32. The Bertz CT molecular complexity index is 729. The molecular weight excluding hydrogens is 382 g/mol. The normalized spacial score (nSPS) is 15.4. The maximum absolute atomic E-state index is 12.2. The molecular formula is C20H25NO6S.